The third-order valence-corrected chi connectivity index (χ3v) is 19.6. The van der Waals surface area contributed by atoms with Gasteiger partial charge in [-0.25, -0.2) is 9.59 Å². The van der Waals surface area contributed by atoms with Crippen molar-refractivity contribution in [3.63, 3.8) is 0 Å². The first kappa shape index (κ1) is 85.6. The molecule has 580 valence electrons. The van der Waals surface area contributed by atoms with Crippen molar-refractivity contribution < 1.29 is 87.5 Å². The summed E-state index contributed by atoms with van der Waals surface area (Å²) in [4.78, 5) is 183. The van der Waals surface area contributed by atoms with Gasteiger partial charge in [0, 0.05) is 66.5 Å². The Morgan fingerprint density at radius 3 is 1.89 bits per heavy atom. The van der Waals surface area contributed by atoms with E-state index in [9.17, 15) is 68.1 Å². The van der Waals surface area contributed by atoms with Crippen molar-refractivity contribution in [3.05, 3.63) is 138 Å². The highest BCUT2D eigenvalue weighted by molar-refractivity contribution is 8.76. The molecule has 4 aromatic carbocycles. The van der Waals surface area contributed by atoms with E-state index in [-0.39, 0.29) is 75.2 Å². The number of primary amides is 1. The van der Waals surface area contributed by atoms with Gasteiger partial charge in [-0.05, 0) is 98.9 Å². The number of H-pyrrole nitrogens is 1. The molecule has 12 atom stereocenters. The van der Waals surface area contributed by atoms with Gasteiger partial charge in [-0.15, -0.1) is 0 Å². The Kier molecular flexibility index (Phi) is 35.2. The fourth-order valence-electron chi connectivity index (χ4n) is 11.1. The van der Waals surface area contributed by atoms with Crippen LogP contribution in [0.15, 0.2) is 115 Å². The monoisotopic (exact) mass is 1520 g/mol. The number of carboxylic acid groups (broad SMARTS) is 1. The SMILES string of the molecule is CC(C)[C@H](NC(=O)CCC(=O)O)C(=O)N[C@@H](CCCNC(N)=O)C(=O)Nc1ccc(COC(=O)N[C@H](Cc2ccccc2)C(=O)N[C@H]2CSSC[C@@H](C(=O)N[C@H](CO)[C@@H](C)O)NC(=O)C([C@@H](C)O)NC(=O)[C@H](CCCCN)NC(=O)[C@@H](Cc3c[nH]c4ccccc34)NC(=O)[C@H](Cc3ccccc3)NC2=O)cc1. The molecule has 1 saturated heterocycles. The number of rotatable bonds is 33. The van der Waals surface area contributed by atoms with Crippen LogP contribution in [0.4, 0.5) is 15.3 Å². The summed E-state index contributed by atoms with van der Waals surface area (Å²) in [7, 11) is 1.84. The van der Waals surface area contributed by atoms with Crippen LogP contribution in [-0.2, 0) is 83.3 Å². The van der Waals surface area contributed by atoms with E-state index < -0.39 is 182 Å². The first-order valence-corrected chi connectivity index (χ1v) is 37.5. The van der Waals surface area contributed by atoms with E-state index in [1.54, 1.807) is 98.9 Å². The van der Waals surface area contributed by atoms with Gasteiger partial charge in [0.15, 0.2) is 0 Å². The summed E-state index contributed by atoms with van der Waals surface area (Å²) in [6.45, 7) is 4.96. The summed E-state index contributed by atoms with van der Waals surface area (Å²) in [6, 6.07) is 15.1. The average molecular weight is 1520 g/mol. The van der Waals surface area contributed by atoms with Crippen LogP contribution in [0.5, 0.6) is 0 Å². The van der Waals surface area contributed by atoms with Crippen molar-refractivity contribution >= 4 is 115 Å². The summed E-state index contributed by atoms with van der Waals surface area (Å²) < 4.78 is 5.63. The van der Waals surface area contributed by atoms with E-state index in [0.717, 1.165) is 21.6 Å². The molecule has 0 saturated carbocycles. The maximum Gasteiger partial charge on any atom is 0.408 e. The first-order chi connectivity index (χ1) is 51.1. The van der Waals surface area contributed by atoms with Gasteiger partial charge in [-0.1, -0.05) is 126 Å². The van der Waals surface area contributed by atoms with Crippen LogP contribution in [0.1, 0.15) is 94.9 Å². The topological polar surface area (TPSA) is 524 Å². The molecule has 6 rings (SSSR count). The average Bonchev–Trinajstić information content (AvgIpc) is 1.74. The van der Waals surface area contributed by atoms with E-state index >= 15 is 9.59 Å². The molecule has 0 aliphatic carbocycles. The number of urea groups is 1. The van der Waals surface area contributed by atoms with Gasteiger partial charge in [0.1, 0.15) is 61.0 Å². The van der Waals surface area contributed by atoms with Crippen molar-refractivity contribution in [2.24, 2.45) is 17.4 Å². The predicted molar refractivity (Wildman–Crippen MR) is 399 cm³/mol. The first-order valence-electron chi connectivity index (χ1n) is 35.0. The molecule has 1 unspecified atom stereocenters. The van der Waals surface area contributed by atoms with Crippen LogP contribution in [0, 0.1) is 5.92 Å². The maximum absolute atomic E-state index is 15.2. The van der Waals surface area contributed by atoms with Crippen LogP contribution in [0.25, 0.3) is 10.9 Å². The number of carbonyl (C=O) groups is 13. The number of carbonyl (C=O) groups excluding carboxylic acids is 12. The summed E-state index contributed by atoms with van der Waals surface area (Å²) in [5.41, 5.74) is 14.1. The van der Waals surface area contributed by atoms with Crippen molar-refractivity contribution in [2.75, 3.05) is 36.5 Å². The number of amides is 13. The Bertz CT molecular complexity index is 3820. The minimum Gasteiger partial charge on any atom is -0.481 e. The lowest BCUT2D eigenvalue weighted by molar-refractivity contribution is -0.139. The second kappa shape index (κ2) is 44.0. The number of anilines is 1. The Morgan fingerprint density at radius 1 is 0.626 bits per heavy atom. The number of para-hydroxylation sites is 1. The smallest absolute Gasteiger partial charge is 0.408 e. The lowest BCUT2D eigenvalue weighted by atomic mass is 10.0. The summed E-state index contributed by atoms with van der Waals surface area (Å²) in [5, 5.41) is 72.9. The highest BCUT2D eigenvalue weighted by atomic mass is 33.1. The van der Waals surface area contributed by atoms with Crippen molar-refractivity contribution in [2.45, 2.75) is 171 Å². The molecular weight excluding hydrogens is 1430 g/mol. The number of unbranched alkanes of at least 4 members (excludes halogenated alkanes) is 1. The van der Waals surface area contributed by atoms with Gasteiger partial charge < -0.3 is 105 Å². The van der Waals surface area contributed by atoms with Crippen molar-refractivity contribution in [3.8, 4) is 0 Å². The molecule has 1 aliphatic heterocycles. The Balaban J connectivity index is 1.30. The van der Waals surface area contributed by atoms with Gasteiger partial charge in [-0.3, -0.25) is 52.7 Å². The van der Waals surface area contributed by atoms with Gasteiger partial charge in [0.05, 0.1) is 31.3 Å². The standard InChI is InChI=1S/C72H97N15O18S2/c1-40(2)60(86-58(91)28-29-59(92)93)69(101)79-51(23-15-31-75-71(74)103)62(94)77-47-26-24-45(25-27-47)37-105-72(104)85-53(33-44-18-9-6-10-19-44)65(97)83-56-38-106-107-39-57(68(100)82-55(36-88)41(3)89)84-70(102)61(42(4)90)87-63(95)50(22-13-14-30-73)78-66(98)54(34-46-35-76-49-21-12-11-20-48(46)49)81-64(96)52(80-67(56)99)32-43-16-7-5-8-17-43/h5-12,16-21,24-27,35,40-42,50-57,60-61,76,88-90H,13-15,22-23,28-34,36-39,73H2,1-4H3,(H,77,94)(H,78,98)(H,79,101)(H,80,99)(H,81,96)(H,82,100)(H,83,97)(H,84,102)(H,85,104)(H,86,91)(H,87,95)(H,92,93)(H3,74,75,103)/t41-,42-,50+,51+,52+,53-,54-,55-,56+,57+,60+,61?/m1/s1. The number of alkyl carbamates (subject to hydrolysis) is 1. The van der Waals surface area contributed by atoms with Gasteiger partial charge in [0.2, 0.25) is 59.1 Å². The lowest BCUT2D eigenvalue weighted by Gasteiger charge is -2.29. The number of fused-ring (bicyclic) bond motifs is 1. The zero-order chi connectivity index (χ0) is 78.1. The second-order valence-electron chi connectivity index (χ2n) is 26.0. The number of benzene rings is 4. The summed E-state index contributed by atoms with van der Waals surface area (Å²) in [5.74, 6) is -11.0. The molecule has 1 fully saturated rings. The molecule has 21 N–H and O–H groups in total. The normalized spacial score (nSPS) is 19.4. The number of carboxylic acids is 1. The number of nitrogens with two attached hydrogens (primary N) is 2. The molecule has 0 radical (unpaired) electrons. The number of ether oxygens (including phenoxy) is 1. The van der Waals surface area contributed by atoms with Crippen LogP contribution >= 0.6 is 21.6 Å². The highest BCUT2D eigenvalue weighted by Gasteiger charge is 2.38. The van der Waals surface area contributed by atoms with Crippen molar-refractivity contribution in [1.82, 2.24) is 63.5 Å². The molecule has 33 nitrogen and oxygen atoms in total. The number of hydrogen-bond acceptors (Lipinski definition) is 20. The minimum absolute atomic E-state index is 0.00428. The summed E-state index contributed by atoms with van der Waals surface area (Å²) >= 11 is 0. The summed E-state index contributed by atoms with van der Waals surface area (Å²) in [6.07, 6.45) is -2.90. The van der Waals surface area contributed by atoms with Gasteiger partial charge in [0.25, 0.3) is 0 Å². The third-order valence-electron chi connectivity index (χ3n) is 17.1. The van der Waals surface area contributed by atoms with Crippen LogP contribution in [-0.4, -0.2) is 206 Å². The number of nitrogens with one attached hydrogen (secondary N) is 13. The van der Waals surface area contributed by atoms with E-state index in [0.29, 0.717) is 39.6 Å². The minimum atomic E-state index is -1.76. The number of hydrogen-bond donors (Lipinski definition) is 19. The van der Waals surface area contributed by atoms with Gasteiger partial charge >= 0.3 is 18.1 Å². The van der Waals surface area contributed by atoms with Gasteiger partial charge in [-0.2, -0.15) is 0 Å². The number of aliphatic hydroxyl groups excluding tert-OH is 3. The molecule has 0 spiro atoms. The zero-order valence-corrected chi connectivity index (χ0v) is 61.4. The number of aliphatic carboxylic acids is 1. The van der Waals surface area contributed by atoms with E-state index in [1.807, 2.05) is 6.07 Å². The second-order valence-corrected chi connectivity index (χ2v) is 28.6. The molecule has 2 heterocycles. The molecule has 1 aliphatic rings. The molecule has 0 bridgehead atoms. The van der Waals surface area contributed by atoms with Crippen molar-refractivity contribution in [1.29, 1.82) is 0 Å². The molecular formula is C72H97N15O18S2. The Hall–Kier alpha value is -10.3. The Morgan fingerprint density at radius 2 is 1.25 bits per heavy atom. The van der Waals surface area contributed by atoms with E-state index in [1.165, 1.54) is 38.1 Å². The number of aromatic nitrogens is 1. The fraction of sp³-hybridized carbons (Fsp3) is 0.458. The zero-order valence-electron chi connectivity index (χ0n) is 59.8. The van der Waals surface area contributed by atoms with Crippen LogP contribution in [0.2, 0.25) is 0 Å². The molecule has 1 aromatic heterocycles. The molecule has 13 amide bonds. The number of aromatic amines is 1. The van der Waals surface area contributed by atoms with Crippen LogP contribution in [0.3, 0.4) is 0 Å². The number of aliphatic hydroxyl groups is 3. The Labute approximate surface area is 626 Å². The lowest BCUT2D eigenvalue weighted by Crippen LogP contribution is -2.62. The quantitative estimate of drug-likeness (QED) is 0.0195. The van der Waals surface area contributed by atoms with E-state index in [4.69, 9.17) is 21.3 Å². The van der Waals surface area contributed by atoms with Crippen LogP contribution < -0.4 is 75.3 Å². The molecule has 107 heavy (non-hydrogen) atoms. The molecule has 5 aromatic rings. The molecule has 35 heteroatoms. The third kappa shape index (κ3) is 28.8. The predicted octanol–water partition coefficient (Wildman–Crippen LogP) is 0.0397. The van der Waals surface area contributed by atoms with E-state index in [2.05, 4.69) is 68.8 Å². The highest BCUT2D eigenvalue weighted by Crippen LogP contribution is 2.25. The fourth-order valence-corrected chi connectivity index (χ4v) is 13.4. The largest absolute Gasteiger partial charge is 0.481 e. The maximum atomic E-state index is 15.2.